The predicted molar refractivity (Wildman–Crippen MR) is 55.8 cm³/mol. The monoisotopic (exact) mass is 199 g/mol. The molecule has 2 N–H and O–H groups in total. The molecule has 0 spiro atoms. The van der Waals surface area contributed by atoms with Gasteiger partial charge < -0.3 is 5.73 Å². The fourth-order valence-corrected chi connectivity index (χ4v) is 2.20. The van der Waals surface area contributed by atoms with E-state index in [-0.39, 0.29) is 0 Å². The number of rotatable bonds is 3. The maximum Gasteiger partial charge on any atom is 0.118 e. The van der Waals surface area contributed by atoms with Gasteiger partial charge in [0.15, 0.2) is 0 Å². The smallest absolute Gasteiger partial charge is 0.118 e. The van der Waals surface area contributed by atoms with Crippen LogP contribution in [0.25, 0.3) is 0 Å². The summed E-state index contributed by atoms with van der Waals surface area (Å²) in [5.74, 6) is 0. The zero-order valence-electron chi connectivity index (χ0n) is 8.50. The second-order valence-electron chi connectivity index (χ2n) is 4.37. The van der Waals surface area contributed by atoms with Gasteiger partial charge in [0.25, 0.3) is 0 Å². The van der Waals surface area contributed by atoms with E-state index < -0.39 is 0 Å². The Bertz CT molecular complexity index is 262. The van der Waals surface area contributed by atoms with Crippen molar-refractivity contribution in [3.05, 3.63) is 10.0 Å². The van der Waals surface area contributed by atoms with E-state index in [0.717, 1.165) is 22.9 Å². The molecule has 1 aromatic heterocycles. The molecule has 0 aliphatic rings. The lowest BCUT2D eigenvalue weighted by Crippen LogP contribution is -2.08. The fourth-order valence-electron chi connectivity index (χ4n) is 1.04. The van der Waals surface area contributed by atoms with Crippen LogP contribution in [0.1, 0.15) is 30.8 Å². The number of nitrogens with zero attached hydrogens (tertiary/aromatic N) is 2. The first-order valence-electron chi connectivity index (χ1n) is 4.52. The molecule has 0 atom stereocenters. The Balaban J connectivity index is 2.59. The standard InChI is InChI=1S/C9H17N3S/c1-9(2,3)6-8-12-11-7(13-8)4-5-10/h4-6,10H2,1-3H3. The largest absolute Gasteiger partial charge is 0.330 e. The zero-order valence-corrected chi connectivity index (χ0v) is 9.32. The Hall–Kier alpha value is -0.480. The van der Waals surface area contributed by atoms with Gasteiger partial charge in [-0.05, 0) is 12.0 Å². The molecule has 74 valence electrons. The summed E-state index contributed by atoms with van der Waals surface area (Å²) in [7, 11) is 0. The molecule has 0 aliphatic heterocycles. The molecule has 1 heterocycles. The van der Waals surface area contributed by atoms with Crippen LogP contribution in [0.4, 0.5) is 0 Å². The maximum absolute atomic E-state index is 5.44. The SMILES string of the molecule is CC(C)(C)Cc1nnc(CCN)s1. The van der Waals surface area contributed by atoms with Crippen LogP contribution >= 0.6 is 11.3 Å². The molecule has 0 saturated heterocycles. The molecule has 0 saturated carbocycles. The van der Waals surface area contributed by atoms with Gasteiger partial charge in [-0.2, -0.15) is 0 Å². The Morgan fingerprint density at radius 1 is 1.23 bits per heavy atom. The first kappa shape index (κ1) is 10.6. The summed E-state index contributed by atoms with van der Waals surface area (Å²) in [6.45, 7) is 7.27. The van der Waals surface area contributed by atoms with Gasteiger partial charge in [0.1, 0.15) is 10.0 Å². The van der Waals surface area contributed by atoms with E-state index in [9.17, 15) is 0 Å². The first-order chi connectivity index (χ1) is 6.01. The van der Waals surface area contributed by atoms with Crippen molar-refractivity contribution < 1.29 is 0 Å². The van der Waals surface area contributed by atoms with Crippen LogP contribution < -0.4 is 5.73 Å². The quantitative estimate of drug-likeness (QED) is 0.805. The minimum Gasteiger partial charge on any atom is -0.330 e. The number of aromatic nitrogens is 2. The number of nitrogens with two attached hydrogens (primary N) is 1. The highest BCUT2D eigenvalue weighted by molar-refractivity contribution is 7.11. The summed E-state index contributed by atoms with van der Waals surface area (Å²) >= 11 is 1.68. The third kappa shape index (κ3) is 3.83. The Morgan fingerprint density at radius 2 is 1.85 bits per heavy atom. The summed E-state index contributed by atoms with van der Waals surface area (Å²) in [5, 5.41) is 10.4. The topological polar surface area (TPSA) is 51.8 Å². The van der Waals surface area contributed by atoms with Crippen molar-refractivity contribution >= 4 is 11.3 Å². The highest BCUT2D eigenvalue weighted by atomic mass is 32.1. The number of hydrogen-bond donors (Lipinski definition) is 1. The lowest BCUT2D eigenvalue weighted by atomic mass is 9.93. The van der Waals surface area contributed by atoms with Crippen LogP contribution in [0.15, 0.2) is 0 Å². The molecule has 0 aliphatic carbocycles. The molecule has 3 nitrogen and oxygen atoms in total. The van der Waals surface area contributed by atoms with Gasteiger partial charge in [-0.3, -0.25) is 0 Å². The summed E-state index contributed by atoms with van der Waals surface area (Å²) in [6.07, 6.45) is 1.84. The predicted octanol–water partition coefficient (Wildman–Crippen LogP) is 1.63. The van der Waals surface area contributed by atoms with E-state index in [1.807, 2.05) is 0 Å². The van der Waals surface area contributed by atoms with E-state index in [4.69, 9.17) is 5.73 Å². The van der Waals surface area contributed by atoms with Crippen LogP contribution in [0, 0.1) is 5.41 Å². The minimum atomic E-state index is 0.291. The van der Waals surface area contributed by atoms with E-state index in [1.54, 1.807) is 11.3 Å². The highest BCUT2D eigenvalue weighted by Gasteiger charge is 2.14. The summed E-state index contributed by atoms with van der Waals surface area (Å²) in [6, 6.07) is 0. The summed E-state index contributed by atoms with van der Waals surface area (Å²) in [4.78, 5) is 0. The lowest BCUT2D eigenvalue weighted by molar-refractivity contribution is 0.409. The van der Waals surface area contributed by atoms with E-state index in [0.29, 0.717) is 12.0 Å². The van der Waals surface area contributed by atoms with Gasteiger partial charge in [-0.15, -0.1) is 21.5 Å². The van der Waals surface area contributed by atoms with Crippen molar-refractivity contribution in [3.8, 4) is 0 Å². The van der Waals surface area contributed by atoms with Crippen molar-refractivity contribution in [1.82, 2.24) is 10.2 Å². The molecule has 0 bridgehead atoms. The molecule has 1 aromatic rings. The molecule has 0 amide bonds. The molecule has 0 aromatic carbocycles. The van der Waals surface area contributed by atoms with Crippen molar-refractivity contribution in [2.75, 3.05) is 6.54 Å². The van der Waals surface area contributed by atoms with Crippen molar-refractivity contribution in [1.29, 1.82) is 0 Å². The summed E-state index contributed by atoms with van der Waals surface area (Å²) in [5.41, 5.74) is 5.73. The molecule has 0 radical (unpaired) electrons. The van der Waals surface area contributed by atoms with Crippen LogP contribution in [-0.2, 0) is 12.8 Å². The summed E-state index contributed by atoms with van der Waals surface area (Å²) < 4.78 is 0. The highest BCUT2D eigenvalue weighted by Crippen LogP contribution is 2.22. The second kappa shape index (κ2) is 4.15. The molecule has 0 unspecified atom stereocenters. The zero-order chi connectivity index (χ0) is 9.90. The van der Waals surface area contributed by atoms with E-state index in [2.05, 4.69) is 31.0 Å². The molecular weight excluding hydrogens is 182 g/mol. The van der Waals surface area contributed by atoms with Crippen molar-refractivity contribution in [2.24, 2.45) is 11.1 Å². The third-order valence-electron chi connectivity index (χ3n) is 1.55. The van der Waals surface area contributed by atoms with Crippen molar-refractivity contribution in [2.45, 2.75) is 33.6 Å². The van der Waals surface area contributed by atoms with E-state index in [1.165, 1.54) is 0 Å². The average Bonchev–Trinajstić information content (AvgIpc) is 2.33. The van der Waals surface area contributed by atoms with Gasteiger partial charge in [-0.25, -0.2) is 0 Å². The van der Waals surface area contributed by atoms with Crippen LogP contribution in [0.2, 0.25) is 0 Å². The Kier molecular flexibility index (Phi) is 3.39. The normalized spacial score (nSPS) is 12.0. The molecule has 13 heavy (non-hydrogen) atoms. The number of hydrogen-bond acceptors (Lipinski definition) is 4. The third-order valence-corrected chi connectivity index (χ3v) is 2.53. The lowest BCUT2D eigenvalue weighted by Gasteiger charge is -2.14. The first-order valence-corrected chi connectivity index (χ1v) is 5.34. The molecular formula is C9H17N3S. The Labute approximate surface area is 83.4 Å². The van der Waals surface area contributed by atoms with Gasteiger partial charge in [0, 0.05) is 12.8 Å². The maximum atomic E-state index is 5.44. The van der Waals surface area contributed by atoms with Crippen LogP contribution in [-0.4, -0.2) is 16.7 Å². The van der Waals surface area contributed by atoms with Crippen LogP contribution in [0.3, 0.4) is 0 Å². The van der Waals surface area contributed by atoms with Crippen molar-refractivity contribution in [3.63, 3.8) is 0 Å². The molecule has 1 rings (SSSR count). The molecule has 4 heteroatoms. The fraction of sp³-hybridized carbons (Fsp3) is 0.778. The van der Waals surface area contributed by atoms with Gasteiger partial charge >= 0.3 is 0 Å². The van der Waals surface area contributed by atoms with Gasteiger partial charge in [0.2, 0.25) is 0 Å². The minimum absolute atomic E-state index is 0.291. The van der Waals surface area contributed by atoms with Crippen LogP contribution in [0.5, 0.6) is 0 Å². The van der Waals surface area contributed by atoms with Gasteiger partial charge in [-0.1, -0.05) is 20.8 Å². The average molecular weight is 199 g/mol. The Morgan fingerprint density at radius 3 is 2.38 bits per heavy atom. The second-order valence-corrected chi connectivity index (χ2v) is 5.51. The van der Waals surface area contributed by atoms with E-state index >= 15 is 0 Å². The molecule has 0 fully saturated rings. The van der Waals surface area contributed by atoms with Gasteiger partial charge in [0.05, 0.1) is 0 Å².